The van der Waals surface area contributed by atoms with Crippen molar-refractivity contribution in [2.24, 2.45) is 5.11 Å². The van der Waals surface area contributed by atoms with Crippen molar-refractivity contribution >= 4 is 5.69 Å². The van der Waals surface area contributed by atoms with Crippen LogP contribution >= 0.6 is 0 Å². The highest BCUT2D eigenvalue weighted by molar-refractivity contribution is 5.44. The van der Waals surface area contributed by atoms with E-state index in [1.165, 1.54) is 5.56 Å². The van der Waals surface area contributed by atoms with Gasteiger partial charge in [-0.15, -0.1) is 0 Å². The van der Waals surface area contributed by atoms with Gasteiger partial charge in [-0.2, -0.15) is 5.53 Å². The van der Waals surface area contributed by atoms with Gasteiger partial charge in [-0.25, -0.2) is 0 Å². The molecule has 0 radical (unpaired) electrons. The number of hydrogen-bond acceptors (Lipinski definition) is 1. The quantitative estimate of drug-likeness (QED) is 0.589. The molecule has 1 aromatic carbocycles. The summed E-state index contributed by atoms with van der Waals surface area (Å²) in [6.07, 6.45) is 0.983. The molecule has 0 fully saturated rings. The minimum Gasteiger partial charge on any atom is -0.152 e. The van der Waals surface area contributed by atoms with Gasteiger partial charge in [0.15, 0.2) is 0 Å². The molecule has 2 nitrogen and oxygen atoms in total. The third-order valence-electron chi connectivity index (χ3n) is 1.51. The molecule has 0 aliphatic rings. The summed E-state index contributed by atoms with van der Waals surface area (Å²) in [7, 11) is 0. The second-order valence-corrected chi connectivity index (χ2v) is 2.11. The Morgan fingerprint density at radius 2 is 2.10 bits per heavy atom. The predicted molar refractivity (Wildman–Crippen MR) is 39.8 cm³/mol. The first-order valence-corrected chi connectivity index (χ1v) is 3.37. The van der Waals surface area contributed by atoms with Crippen LogP contribution in [0.25, 0.3) is 0 Å². The van der Waals surface area contributed by atoms with Gasteiger partial charge < -0.3 is 0 Å². The fraction of sp³-hybridized carbons (Fsp3) is 0.250. The number of rotatable bonds is 2. The lowest BCUT2D eigenvalue weighted by atomic mass is 10.1. The molecular formula is C8H11N2+. The topological polar surface area (TPSA) is 38.0 Å². The normalized spacial score (nSPS) is 9.30. The molecule has 0 saturated carbocycles. The highest BCUT2D eigenvalue weighted by Crippen LogP contribution is 2.16. The Morgan fingerprint density at radius 3 is 2.60 bits per heavy atom. The molecule has 1 aromatic rings. The van der Waals surface area contributed by atoms with Gasteiger partial charge in [-0.05, 0) is 23.2 Å². The molecule has 0 aliphatic heterocycles. The van der Waals surface area contributed by atoms with Gasteiger partial charge in [0.1, 0.15) is 5.69 Å². The number of nitrogens with two attached hydrogens (primary N) is 1. The molecule has 10 heavy (non-hydrogen) atoms. The van der Waals surface area contributed by atoms with Crippen molar-refractivity contribution in [2.75, 3.05) is 0 Å². The van der Waals surface area contributed by atoms with Crippen LogP contribution in [-0.4, -0.2) is 0 Å². The van der Waals surface area contributed by atoms with E-state index in [-0.39, 0.29) is 0 Å². The lowest BCUT2D eigenvalue weighted by Crippen LogP contribution is -2.22. The van der Waals surface area contributed by atoms with E-state index < -0.39 is 0 Å². The van der Waals surface area contributed by atoms with Crippen LogP contribution in [0.5, 0.6) is 0 Å². The lowest BCUT2D eigenvalue weighted by molar-refractivity contribution is -0.210. The summed E-state index contributed by atoms with van der Waals surface area (Å²) in [5.74, 6) is 0. The van der Waals surface area contributed by atoms with Gasteiger partial charge in [0.25, 0.3) is 0 Å². The molecule has 0 saturated heterocycles. The van der Waals surface area contributed by atoms with E-state index >= 15 is 0 Å². The van der Waals surface area contributed by atoms with Crippen molar-refractivity contribution in [1.82, 2.24) is 0 Å². The highest BCUT2D eigenvalue weighted by Gasteiger charge is 1.96. The summed E-state index contributed by atoms with van der Waals surface area (Å²) < 4.78 is 0. The van der Waals surface area contributed by atoms with Crippen molar-refractivity contribution in [3.05, 3.63) is 29.8 Å². The van der Waals surface area contributed by atoms with Crippen molar-refractivity contribution in [2.45, 2.75) is 13.3 Å². The second kappa shape index (κ2) is 3.11. The molecule has 0 spiro atoms. The van der Waals surface area contributed by atoms with Crippen LogP contribution in [-0.2, 0) is 6.42 Å². The average Bonchev–Trinajstić information content (AvgIpc) is 2.04. The monoisotopic (exact) mass is 135 g/mol. The van der Waals surface area contributed by atoms with Crippen LogP contribution in [0, 0.1) is 0 Å². The molecule has 0 unspecified atom stereocenters. The zero-order chi connectivity index (χ0) is 7.40. The molecule has 52 valence electrons. The van der Waals surface area contributed by atoms with E-state index in [0.29, 0.717) is 0 Å². The maximum absolute atomic E-state index is 5.15. The van der Waals surface area contributed by atoms with E-state index in [1.807, 2.05) is 24.3 Å². The fourth-order valence-corrected chi connectivity index (χ4v) is 0.936. The van der Waals surface area contributed by atoms with Crippen molar-refractivity contribution in [3.8, 4) is 0 Å². The largest absolute Gasteiger partial charge is 0.152 e. The van der Waals surface area contributed by atoms with Crippen LogP contribution in [0.2, 0.25) is 0 Å². The van der Waals surface area contributed by atoms with Crippen molar-refractivity contribution < 1.29 is 5.53 Å². The first-order valence-electron chi connectivity index (χ1n) is 3.37. The van der Waals surface area contributed by atoms with E-state index in [1.54, 1.807) is 0 Å². The Morgan fingerprint density at radius 1 is 1.40 bits per heavy atom. The summed E-state index contributed by atoms with van der Waals surface area (Å²) in [6, 6.07) is 7.88. The Bertz CT molecular complexity index is 230. The molecule has 2 N–H and O–H groups in total. The van der Waals surface area contributed by atoms with Crippen LogP contribution in [0.1, 0.15) is 12.5 Å². The van der Waals surface area contributed by atoms with Crippen LogP contribution in [0.3, 0.4) is 0 Å². The van der Waals surface area contributed by atoms with Gasteiger partial charge in [-0.3, -0.25) is 0 Å². The first-order chi connectivity index (χ1) is 4.88. The highest BCUT2D eigenvalue weighted by atomic mass is 15.0. The van der Waals surface area contributed by atoms with Gasteiger partial charge in [0.2, 0.25) is 0 Å². The standard InChI is InChI=1S/C8H10N2/c1-2-7-5-3-4-6-8(7)10-9/h3-6,9H,2H2,1H3/p+1. The minimum absolute atomic E-state index is 0.894. The molecule has 1 rings (SSSR count). The van der Waals surface area contributed by atoms with Gasteiger partial charge >= 0.3 is 0 Å². The Hall–Kier alpha value is -1.18. The maximum Gasteiger partial charge on any atom is 0.133 e. The summed E-state index contributed by atoms with van der Waals surface area (Å²) in [5.41, 5.74) is 7.24. The lowest BCUT2D eigenvalue weighted by Gasteiger charge is -1.95. The number of hydrogen-bond donors (Lipinski definition) is 1. The molecular weight excluding hydrogens is 124 g/mol. The SMILES string of the molecule is CCc1ccccc1N=[NH2+]. The summed E-state index contributed by atoms with van der Waals surface area (Å²) >= 11 is 0. The average molecular weight is 135 g/mol. The van der Waals surface area contributed by atoms with Crippen LogP contribution in [0.15, 0.2) is 29.4 Å². The molecule has 0 bridgehead atoms. The molecule has 0 heterocycles. The third-order valence-corrected chi connectivity index (χ3v) is 1.51. The number of benzene rings is 1. The van der Waals surface area contributed by atoms with Crippen molar-refractivity contribution in [1.29, 1.82) is 0 Å². The second-order valence-electron chi connectivity index (χ2n) is 2.11. The first kappa shape index (κ1) is 6.93. The van der Waals surface area contributed by atoms with Gasteiger partial charge in [-0.1, -0.05) is 25.1 Å². The van der Waals surface area contributed by atoms with Gasteiger partial charge in [0.05, 0.1) is 0 Å². The maximum atomic E-state index is 5.15. The van der Waals surface area contributed by atoms with E-state index in [2.05, 4.69) is 12.0 Å². The Kier molecular flexibility index (Phi) is 2.15. The van der Waals surface area contributed by atoms with E-state index in [0.717, 1.165) is 12.1 Å². The summed E-state index contributed by atoms with van der Waals surface area (Å²) in [4.78, 5) is 0. The van der Waals surface area contributed by atoms with E-state index in [4.69, 9.17) is 5.53 Å². The zero-order valence-electron chi connectivity index (χ0n) is 6.04. The van der Waals surface area contributed by atoms with Crippen LogP contribution < -0.4 is 5.53 Å². The molecule has 0 amide bonds. The molecule has 0 atom stereocenters. The summed E-state index contributed by atoms with van der Waals surface area (Å²) in [6.45, 7) is 2.09. The van der Waals surface area contributed by atoms with Crippen molar-refractivity contribution in [3.63, 3.8) is 0 Å². The summed E-state index contributed by atoms with van der Waals surface area (Å²) in [5, 5.41) is 3.64. The molecule has 0 aliphatic carbocycles. The third kappa shape index (κ3) is 1.21. The Balaban J connectivity index is 3.08. The van der Waals surface area contributed by atoms with Crippen LogP contribution in [0.4, 0.5) is 5.69 Å². The van der Waals surface area contributed by atoms with E-state index in [9.17, 15) is 0 Å². The molecule has 2 heteroatoms. The molecule has 0 aromatic heterocycles. The Labute approximate surface area is 60.4 Å². The zero-order valence-corrected chi connectivity index (χ0v) is 6.04. The smallest absolute Gasteiger partial charge is 0.133 e. The van der Waals surface area contributed by atoms with Gasteiger partial charge in [0, 0.05) is 0 Å². The predicted octanol–water partition coefficient (Wildman–Crippen LogP) is 1.09. The fourth-order valence-electron chi connectivity index (χ4n) is 0.936. The number of aryl methyl sites for hydroxylation is 1. The number of nitrogens with zero attached hydrogens (tertiary/aromatic N) is 1. The minimum atomic E-state index is 0.894.